The van der Waals surface area contributed by atoms with Crippen molar-refractivity contribution < 1.29 is 14.3 Å². The van der Waals surface area contributed by atoms with Crippen LogP contribution in [0.1, 0.15) is 31.4 Å². The maximum absolute atomic E-state index is 11.5. The molecule has 1 heterocycles. The summed E-state index contributed by atoms with van der Waals surface area (Å²) in [4.78, 5) is 22.8. The Bertz CT molecular complexity index is 430. The lowest BCUT2D eigenvalue weighted by molar-refractivity contribution is -0.144. The van der Waals surface area contributed by atoms with Gasteiger partial charge in [0.2, 0.25) is 5.91 Å². The van der Waals surface area contributed by atoms with Crippen molar-refractivity contribution in [2.45, 2.75) is 25.8 Å². The molecule has 0 radical (unpaired) electrons. The van der Waals surface area contributed by atoms with E-state index < -0.39 is 0 Å². The predicted molar refractivity (Wildman–Crippen MR) is 66.7 cm³/mol. The molecule has 1 N–H and O–H groups in total. The van der Waals surface area contributed by atoms with Crippen molar-refractivity contribution >= 4 is 11.9 Å². The lowest BCUT2D eigenvalue weighted by Crippen LogP contribution is -2.51. The number of amides is 1. The van der Waals surface area contributed by atoms with Crippen LogP contribution in [0.15, 0.2) is 30.3 Å². The number of ether oxygens (including phenoxy) is 1. The molecule has 0 spiro atoms. The molecule has 1 saturated heterocycles. The minimum absolute atomic E-state index is 0.0214. The predicted octanol–water partition coefficient (Wildman–Crippen LogP) is 1.82. The zero-order valence-electron chi connectivity index (χ0n) is 10.4. The van der Waals surface area contributed by atoms with Crippen LogP contribution >= 0.6 is 0 Å². The van der Waals surface area contributed by atoms with E-state index in [0.717, 1.165) is 5.56 Å². The molecule has 1 amide bonds. The SMILES string of the molecule is CCOC(=O)CCC1C(=O)NC1c1ccccc1. The number of nitrogens with one attached hydrogen (secondary N) is 1. The first-order valence-electron chi connectivity index (χ1n) is 6.23. The van der Waals surface area contributed by atoms with Crippen molar-refractivity contribution in [1.82, 2.24) is 5.32 Å². The Hall–Kier alpha value is -1.84. The van der Waals surface area contributed by atoms with Gasteiger partial charge in [0, 0.05) is 6.42 Å². The fourth-order valence-corrected chi connectivity index (χ4v) is 2.20. The van der Waals surface area contributed by atoms with Crippen LogP contribution in [-0.2, 0) is 14.3 Å². The summed E-state index contributed by atoms with van der Waals surface area (Å²) in [7, 11) is 0. The van der Waals surface area contributed by atoms with Crippen LogP contribution in [0, 0.1) is 5.92 Å². The van der Waals surface area contributed by atoms with Crippen LogP contribution in [-0.4, -0.2) is 18.5 Å². The zero-order valence-corrected chi connectivity index (χ0v) is 10.4. The van der Waals surface area contributed by atoms with Gasteiger partial charge in [-0.15, -0.1) is 0 Å². The van der Waals surface area contributed by atoms with Gasteiger partial charge in [0.1, 0.15) is 0 Å². The second kappa shape index (κ2) is 5.67. The van der Waals surface area contributed by atoms with Crippen LogP contribution < -0.4 is 5.32 Å². The Morgan fingerprint density at radius 3 is 2.67 bits per heavy atom. The summed E-state index contributed by atoms with van der Waals surface area (Å²) >= 11 is 0. The van der Waals surface area contributed by atoms with Crippen molar-refractivity contribution in [3.8, 4) is 0 Å². The molecule has 4 nitrogen and oxygen atoms in total. The van der Waals surface area contributed by atoms with Crippen molar-refractivity contribution in [3.63, 3.8) is 0 Å². The summed E-state index contributed by atoms with van der Waals surface area (Å²) in [5.41, 5.74) is 1.09. The van der Waals surface area contributed by atoms with Gasteiger partial charge in [-0.05, 0) is 18.9 Å². The Morgan fingerprint density at radius 2 is 2.06 bits per heavy atom. The Balaban J connectivity index is 1.91. The molecule has 0 saturated carbocycles. The average molecular weight is 247 g/mol. The highest BCUT2D eigenvalue weighted by atomic mass is 16.5. The summed E-state index contributed by atoms with van der Waals surface area (Å²) in [6.07, 6.45) is 0.847. The number of carbonyl (C=O) groups excluding carboxylic acids is 2. The molecule has 1 aliphatic rings. The van der Waals surface area contributed by atoms with Crippen LogP contribution in [0.3, 0.4) is 0 Å². The second-order valence-corrected chi connectivity index (χ2v) is 4.35. The monoisotopic (exact) mass is 247 g/mol. The molecule has 18 heavy (non-hydrogen) atoms. The molecule has 96 valence electrons. The number of carbonyl (C=O) groups is 2. The molecule has 1 fully saturated rings. The fourth-order valence-electron chi connectivity index (χ4n) is 2.20. The third-order valence-electron chi connectivity index (χ3n) is 3.16. The first-order valence-corrected chi connectivity index (χ1v) is 6.23. The molecule has 0 aliphatic carbocycles. The van der Waals surface area contributed by atoms with Crippen LogP contribution in [0.4, 0.5) is 0 Å². The molecule has 2 unspecified atom stereocenters. The summed E-state index contributed by atoms with van der Waals surface area (Å²) in [6, 6.07) is 9.85. The molecule has 1 aromatic carbocycles. The summed E-state index contributed by atoms with van der Waals surface area (Å²) < 4.78 is 4.87. The summed E-state index contributed by atoms with van der Waals surface area (Å²) in [5, 5.41) is 2.87. The minimum Gasteiger partial charge on any atom is -0.466 e. The van der Waals surface area contributed by atoms with Gasteiger partial charge in [-0.3, -0.25) is 9.59 Å². The average Bonchev–Trinajstić information content (AvgIpc) is 2.37. The smallest absolute Gasteiger partial charge is 0.305 e. The molecule has 1 aromatic rings. The Morgan fingerprint density at radius 1 is 1.33 bits per heavy atom. The van der Waals surface area contributed by atoms with Crippen molar-refractivity contribution in [3.05, 3.63) is 35.9 Å². The van der Waals surface area contributed by atoms with Crippen LogP contribution in [0.2, 0.25) is 0 Å². The van der Waals surface area contributed by atoms with Crippen molar-refractivity contribution in [2.24, 2.45) is 5.92 Å². The van der Waals surface area contributed by atoms with Gasteiger partial charge in [0.25, 0.3) is 0 Å². The first kappa shape index (κ1) is 12.6. The third-order valence-corrected chi connectivity index (χ3v) is 3.16. The van der Waals surface area contributed by atoms with E-state index in [2.05, 4.69) is 5.32 Å². The molecular formula is C14H17NO3. The van der Waals surface area contributed by atoms with Crippen molar-refractivity contribution in [1.29, 1.82) is 0 Å². The normalized spacial score (nSPS) is 21.9. The van der Waals surface area contributed by atoms with E-state index in [4.69, 9.17) is 4.74 Å². The first-order chi connectivity index (χ1) is 8.72. The molecule has 0 bridgehead atoms. The highest BCUT2D eigenvalue weighted by Crippen LogP contribution is 2.33. The molecule has 2 atom stereocenters. The molecular weight excluding hydrogens is 230 g/mol. The summed E-state index contributed by atoms with van der Waals surface area (Å²) in [5.74, 6) is -0.325. The van der Waals surface area contributed by atoms with E-state index in [-0.39, 0.29) is 23.8 Å². The number of benzene rings is 1. The van der Waals surface area contributed by atoms with Gasteiger partial charge in [0.05, 0.1) is 18.6 Å². The number of β-lactam (4-membered cyclic amide) rings is 1. The van der Waals surface area contributed by atoms with Gasteiger partial charge in [-0.25, -0.2) is 0 Å². The van der Waals surface area contributed by atoms with Gasteiger partial charge >= 0.3 is 5.97 Å². The Labute approximate surface area is 106 Å². The van der Waals surface area contributed by atoms with E-state index >= 15 is 0 Å². The van der Waals surface area contributed by atoms with Crippen LogP contribution in [0.5, 0.6) is 0 Å². The number of rotatable bonds is 5. The van der Waals surface area contributed by atoms with Gasteiger partial charge in [-0.1, -0.05) is 30.3 Å². The maximum Gasteiger partial charge on any atom is 0.305 e. The van der Waals surface area contributed by atoms with E-state index in [1.54, 1.807) is 6.92 Å². The van der Waals surface area contributed by atoms with E-state index in [1.807, 2.05) is 30.3 Å². The third kappa shape index (κ3) is 2.70. The topological polar surface area (TPSA) is 55.4 Å². The highest BCUT2D eigenvalue weighted by Gasteiger charge is 2.39. The number of hydrogen-bond acceptors (Lipinski definition) is 3. The standard InChI is InChI=1S/C14H17NO3/c1-2-18-12(16)9-8-11-13(15-14(11)17)10-6-4-3-5-7-10/h3-7,11,13H,2,8-9H2,1H3,(H,15,17). The maximum atomic E-state index is 11.5. The fraction of sp³-hybridized carbons (Fsp3) is 0.429. The van der Waals surface area contributed by atoms with E-state index in [0.29, 0.717) is 19.4 Å². The van der Waals surface area contributed by atoms with E-state index in [1.165, 1.54) is 0 Å². The van der Waals surface area contributed by atoms with Crippen molar-refractivity contribution in [2.75, 3.05) is 6.61 Å². The number of esters is 1. The molecule has 2 rings (SSSR count). The van der Waals surface area contributed by atoms with E-state index in [9.17, 15) is 9.59 Å². The number of hydrogen-bond donors (Lipinski definition) is 1. The van der Waals surface area contributed by atoms with Gasteiger partial charge in [0.15, 0.2) is 0 Å². The Kier molecular flexibility index (Phi) is 3.97. The zero-order chi connectivity index (χ0) is 13.0. The molecule has 0 aromatic heterocycles. The van der Waals surface area contributed by atoms with Crippen LogP contribution in [0.25, 0.3) is 0 Å². The second-order valence-electron chi connectivity index (χ2n) is 4.35. The summed E-state index contributed by atoms with van der Waals surface area (Å²) in [6.45, 7) is 2.17. The highest BCUT2D eigenvalue weighted by molar-refractivity contribution is 5.86. The largest absolute Gasteiger partial charge is 0.466 e. The quantitative estimate of drug-likeness (QED) is 0.638. The molecule has 4 heteroatoms. The van der Waals surface area contributed by atoms with Gasteiger partial charge < -0.3 is 10.1 Å². The lowest BCUT2D eigenvalue weighted by Gasteiger charge is -2.37. The molecule has 1 aliphatic heterocycles. The van der Waals surface area contributed by atoms with Gasteiger partial charge in [-0.2, -0.15) is 0 Å². The lowest BCUT2D eigenvalue weighted by atomic mass is 9.82. The minimum atomic E-state index is -0.232.